The Labute approximate surface area is 118 Å². The van der Waals surface area contributed by atoms with Gasteiger partial charge in [0.25, 0.3) is 5.91 Å². The minimum atomic E-state index is -3.40. The zero-order valence-electron chi connectivity index (χ0n) is 11.2. The third kappa shape index (κ3) is 5.48. The van der Waals surface area contributed by atoms with Gasteiger partial charge in [0.05, 0.1) is 17.0 Å². The second kappa shape index (κ2) is 5.38. The summed E-state index contributed by atoms with van der Waals surface area (Å²) >= 11 is 5.94. The molecule has 5 nitrogen and oxygen atoms in total. The minimum absolute atomic E-state index is 0.173. The summed E-state index contributed by atoms with van der Waals surface area (Å²) in [7, 11) is -3.40. The Bertz CT molecular complexity index is 591. The molecular weight excluding hydrogens is 288 g/mol. The maximum Gasteiger partial charge on any atom is 0.251 e. The smallest absolute Gasteiger partial charge is 0.251 e. The number of carbonyl (C=O) groups is 1. The van der Waals surface area contributed by atoms with E-state index in [9.17, 15) is 13.2 Å². The van der Waals surface area contributed by atoms with Crippen LogP contribution in [0.4, 0.5) is 5.69 Å². The first kappa shape index (κ1) is 15.8. The normalized spacial score (nSPS) is 12.1. The Hall–Kier alpha value is -1.27. The highest BCUT2D eigenvalue weighted by molar-refractivity contribution is 7.92. The van der Waals surface area contributed by atoms with E-state index >= 15 is 0 Å². The fourth-order valence-corrected chi connectivity index (χ4v) is 2.21. The van der Waals surface area contributed by atoms with Crippen LogP contribution in [0.5, 0.6) is 0 Å². The number of halogens is 1. The van der Waals surface area contributed by atoms with Gasteiger partial charge in [-0.1, -0.05) is 11.6 Å². The maximum atomic E-state index is 11.9. The van der Waals surface area contributed by atoms with Crippen molar-refractivity contribution in [1.82, 2.24) is 5.32 Å². The fraction of sp³-hybridized carbons (Fsp3) is 0.417. The summed E-state index contributed by atoms with van der Waals surface area (Å²) < 4.78 is 24.5. The number of benzene rings is 1. The molecule has 0 atom stereocenters. The lowest BCUT2D eigenvalue weighted by molar-refractivity contribution is 0.0919. The molecule has 0 fully saturated rings. The highest BCUT2D eigenvalue weighted by atomic mass is 35.5. The number of rotatable bonds is 3. The third-order valence-corrected chi connectivity index (χ3v) is 2.92. The molecule has 0 heterocycles. The van der Waals surface area contributed by atoms with Crippen molar-refractivity contribution < 1.29 is 13.2 Å². The number of sulfonamides is 1. The van der Waals surface area contributed by atoms with E-state index < -0.39 is 10.0 Å². The SMILES string of the molecule is CC(C)(C)NC(=O)c1ccc(NS(C)(=O)=O)c(Cl)c1. The van der Waals surface area contributed by atoms with Crippen LogP contribution in [0.15, 0.2) is 18.2 Å². The van der Waals surface area contributed by atoms with E-state index in [0.29, 0.717) is 5.56 Å². The van der Waals surface area contributed by atoms with Crippen LogP contribution in [0.1, 0.15) is 31.1 Å². The molecule has 1 rings (SSSR count). The molecule has 1 aromatic carbocycles. The van der Waals surface area contributed by atoms with Crippen molar-refractivity contribution in [2.24, 2.45) is 0 Å². The number of amides is 1. The summed E-state index contributed by atoms with van der Waals surface area (Å²) in [5, 5.41) is 2.97. The van der Waals surface area contributed by atoms with E-state index in [4.69, 9.17) is 11.6 Å². The molecule has 0 spiro atoms. The summed E-state index contributed by atoms with van der Waals surface area (Å²) in [6, 6.07) is 4.40. The summed E-state index contributed by atoms with van der Waals surface area (Å²) in [4.78, 5) is 11.9. The van der Waals surface area contributed by atoms with E-state index in [0.717, 1.165) is 6.26 Å². The Morgan fingerprint density at radius 3 is 2.26 bits per heavy atom. The summed E-state index contributed by atoms with van der Waals surface area (Å²) in [5.74, 6) is -0.264. The summed E-state index contributed by atoms with van der Waals surface area (Å²) in [5.41, 5.74) is 0.267. The van der Waals surface area contributed by atoms with Crippen molar-refractivity contribution in [2.45, 2.75) is 26.3 Å². The maximum absolute atomic E-state index is 11.9. The molecular formula is C12H17ClN2O3S. The number of nitrogens with one attached hydrogen (secondary N) is 2. The van der Waals surface area contributed by atoms with Gasteiger partial charge < -0.3 is 5.32 Å². The Kier molecular flexibility index (Phi) is 4.47. The monoisotopic (exact) mass is 304 g/mol. The molecule has 0 bridgehead atoms. The van der Waals surface area contributed by atoms with Crippen molar-refractivity contribution in [1.29, 1.82) is 0 Å². The molecule has 106 valence electrons. The number of carbonyl (C=O) groups excluding carboxylic acids is 1. The molecule has 7 heteroatoms. The van der Waals surface area contributed by atoms with Crippen LogP contribution in [-0.2, 0) is 10.0 Å². The van der Waals surface area contributed by atoms with Crippen LogP contribution in [-0.4, -0.2) is 26.1 Å². The van der Waals surface area contributed by atoms with Gasteiger partial charge in [-0.3, -0.25) is 9.52 Å². The largest absolute Gasteiger partial charge is 0.347 e. The van der Waals surface area contributed by atoms with Gasteiger partial charge >= 0.3 is 0 Å². The first-order valence-electron chi connectivity index (χ1n) is 5.58. The van der Waals surface area contributed by atoms with Gasteiger partial charge in [0.2, 0.25) is 10.0 Å². The predicted octanol–water partition coefficient (Wildman–Crippen LogP) is 2.24. The van der Waals surface area contributed by atoms with Crippen LogP contribution in [0.25, 0.3) is 0 Å². The molecule has 0 aliphatic carbocycles. The first-order valence-corrected chi connectivity index (χ1v) is 7.85. The molecule has 0 aromatic heterocycles. The summed E-state index contributed by atoms with van der Waals surface area (Å²) in [6.07, 6.45) is 1.03. The van der Waals surface area contributed by atoms with Crippen LogP contribution in [0.2, 0.25) is 5.02 Å². The van der Waals surface area contributed by atoms with Crippen molar-refractivity contribution in [2.75, 3.05) is 11.0 Å². The van der Waals surface area contributed by atoms with E-state index in [-0.39, 0.29) is 22.2 Å². The van der Waals surface area contributed by atoms with Gasteiger partial charge in [-0.2, -0.15) is 0 Å². The molecule has 19 heavy (non-hydrogen) atoms. The highest BCUT2D eigenvalue weighted by Gasteiger charge is 2.16. The van der Waals surface area contributed by atoms with Gasteiger partial charge in [0, 0.05) is 11.1 Å². The minimum Gasteiger partial charge on any atom is -0.347 e. The predicted molar refractivity (Wildman–Crippen MR) is 77.1 cm³/mol. The van der Waals surface area contributed by atoms with Crippen LogP contribution in [0.3, 0.4) is 0 Å². The first-order chi connectivity index (χ1) is 8.48. The van der Waals surface area contributed by atoms with Crippen molar-refractivity contribution in [3.8, 4) is 0 Å². The average molecular weight is 305 g/mol. The van der Waals surface area contributed by atoms with Crippen LogP contribution >= 0.6 is 11.6 Å². The van der Waals surface area contributed by atoms with Crippen LogP contribution < -0.4 is 10.0 Å². The molecule has 0 radical (unpaired) electrons. The van der Waals surface area contributed by atoms with Gasteiger partial charge in [0.15, 0.2) is 0 Å². The second-order valence-electron chi connectivity index (χ2n) is 5.27. The highest BCUT2D eigenvalue weighted by Crippen LogP contribution is 2.24. The lowest BCUT2D eigenvalue weighted by Crippen LogP contribution is -2.40. The summed E-state index contributed by atoms with van der Waals surface area (Å²) in [6.45, 7) is 5.60. The number of hydrogen-bond donors (Lipinski definition) is 2. The van der Waals surface area contributed by atoms with Gasteiger partial charge in [0.1, 0.15) is 0 Å². The van der Waals surface area contributed by atoms with E-state index in [1.807, 2.05) is 20.8 Å². The Morgan fingerprint density at radius 1 is 1.26 bits per heavy atom. The van der Waals surface area contributed by atoms with E-state index in [1.165, 1.54) is 18.2 Å². The molecule has 1 aromatic rings. The molecule has 0 saturated carbocycles. The second-order valence-corrected chi connectivity index (χ2v) is 7.43. The number of anilines is 1. The van der Waals surface area contributed by atoms with Gasteiger partial charge in [-0.05, 0) is 39.0 Å². The van der Waals surface area contributed by atoms with Crippen molar-refractivity contribution in [3.63, 3.8) is 0 Å². The zero-order valence-corrected chi connectivity index (χ0v) is 12.8. The average Bonchev–Trinajstić information content (AvgIpc) is 2.16. The van der Waals surface area contributed by atoms with Gasteiger partial charge in [-0.25, -0.2) is 8.42 Å². The molecule has 0 aliphatic heterocycles. The topological polar surface area (TPSA) is 75.3 Å². The molecule has 0 unspecified atom stereocenters. The zero-order chi connectivity index (χ0) is 14.8. The van der Waals surface area contributed by atoms with E-state index in [2.05, 4.69) is 10.0 Å². The quantitative estimate of drug-likeness (QED) is 0.899. The van der Waals surface area contributed by atoms with Crippen LogP contribution in [0, 0.1) is 0 Å². The van der Waals surface area contributed by atoms with Crippen molar-refractivity contribution >= 4 is 33.2 Å². The standard InChI is InChI=1S/C12H17ClN2O3S/c1-12(2,3)14-11(16)8-5-6-10(9(13)7-8)15-19(4,17)18/h5-7,15H,1-4H3,(H,14,16). The number of hydrogen-bond acceptors (Lipinski definition) is 3. The van der Waals surface area contributed by atoms with Crippen molar-refractivity contribution in [3.05, 3.63) is 28.8 Å². The lowest BCUT2D eigenvalue weighted by Gasteiger charge is -2.20. The lowest BCUT2D eigenvalue weighted by atomic mass is 10.1. The van der Waals surface area contributed by atoms with Gasteiger partial charge in [-0.15, -0.1) is 0 Å². The molecule has 0 saturated heterocycles. The third-order valence-electron chi connectivity index (χ3n) is 2.02. The van der Waals surface area contributed by atoms with E-state index in [1.54, 1.807) is 0 Å². The molecule has 2 N–H and O–H groups in total. The molecule has 0 aliphatic rings. The Morgan fingerprint density at radius 2 is 1.84 bits per heavy atom. The molecule has 1 amide bonds. The Balaban J connectivity index is 2.97. The fourth-order valence-electron chi connectivity index (χ4n) is 1.35.